The number of hydrogen-bond acceptors (Lipinski definition) is 7. The smallest absolute Gasteiger partial charge is 0.294 e. The second kappa shape index (κ2) is 10.7. The van der Waals surface area contributed by atoms with Gasteiger partial charge in [0.15, 0.2) is 18.1 Å². The van der Waals surface area contributed by atoms with Gasteiger partial charge in [-0.15, -0.1) is 0 Å². The summed E-state index contributed by atoms with van der Waals surface area (Å²) < 4.78 is 10.9. The molecule has 10 heteroatoms. The van der Waals surface area contributed by atoms with Gasteiger partial charge in [-0.3, -0.25) is 19.3 Å². The molecule has 0 aliphatic carbocycles. The molecular weight excluding hydrogens is 454 g/mol. The van der Waals surface area contributed by atoms with Gasteiger partial charge in [0, 0.05) is 10.7 Å². The van der Waals surface area contributed by atoms with E-state index in [9.17, 15) is 14.4 Å². The Morgan fingerprint density at radius 1 is 1.22 bits per heavy atom. The van der Waals surface area contributed by atoms with Gasteiger partial charge in [0.05, 0.1) is 11.5 Å². The summed E-state index contributed by atoms with van der Waals surface area (Å²) in [5.74, 6) is -0.273. The van der Waals surface area contributed by atoms with Crippen LogP contribution in [0.4, 0.5) is 10.5 Å². The monoisotopic (exact) mass is 471 g/mol. The summed E-state index contributed by atoms with van der Waals surface area (Å²) in [4.78, 5) is 38.4. The average molecular weight is 472 g/mol. The first-order valence-corrected chi connectivity index (χ1v) is 10.7. The normalized spacial score (nSPS) is 14.4. The number of nitrogens with one attached hydrogen (secondary N) is 1. The highest BCUT2D eigenvalue weighted by Gasteiger charge is 2.36. The number of carbonyl (C=O) groups is 3. The van der Waals surface area contributed by atoms with Crippen LogP contribution in [-0.2, 0) is 9.59 Å². The minimum Gasteiger partial charge on any atom is -0.490 e. The van der Waals surface area contributed by atoms with Crippen molar-refractivity contribution in [2.45, 2.75) is 6.92 Å². The lowest BCUT2D eigenvalue weighted by Crippen LogP contribution is -2.36. The molecule has 1 heterocycles. The van der Waals surface area contributed by atoms with Crippen LogP contribution < -0.4 is 14.8 Å². The molecule has 32 heavy (non-hydrogen) atoms. The van der Waals surface area contributed by atoms with Gasteiger partial charge >= 0.3 is 0 Å². The first-order valence-electron chi connectivity index (χ1n) is 9.48. The lowest BCUT2D eigenvalue weighted by Gasteiger charge is -2.12. The van der Waals surface area contributed by atoms with E-state index in [1.807, 2.05) is 6.07 Å². The molecule has 3 amide bonds. The number of rotatable bonds is 8. The standard InChI is InChI=1S/C22H18ClN3O5S/c1-2-30-18-10-14(6-7-17(18)31-9-8-24)11-19-21(28)26(22(29)32-19)13-20(27)25-16-5-3-4-15(23)12-16/h3-7,10-12H,2,9,13H2,1H3,(H,25,27)/b19-11+. The number of benzene rings is 2. The molecule has 0 bridgehead atoms. The molecule has 1 aliphatic heterocycles. The molecule has 0 radical (unpaired) electrons. The van der Waals surface area contributed by atoms with Gasteiger partial charge in [0.25, 0.3) is 11.1 Å². The zero-order chi connectivity index (χ0) is 23.1. The van der Waals surface area contributed by atoms with Gasteiger partial charge in [-0.2, -0.15) is 5.26 Å². The number of anilines is 1. The zero-order valence-electron chi connectivity index (χ0n) is 17.0. The molecule has 164 valence electrons. The molecular formula is C22H18ClN3O5S. The molecule has 0 unspecified atom stereocenters. The van der Waals surface area contributed by atoms with Crippen molar-refractivity contribution < 1.29 is 23.9 Å². The molecule has 3 rings (SSSR count). The fourth-order valence-electron chi connectivity index (χ4n) is 2.81. The fraction of sp³-hybridized carbons (Fsp3) is 0.182. The molecule has 1 N–H and O–H groups in total. The van der Waals surface area contributed by atoms with Crippen molar-refractivity contribution >= 4 is 52.2 Å². The third-order valence-electron chi connectivity index (χ3n) is 4.14. The SMILES string of the molecule is CCOc1cc(/C=C2/SC(=O)N(CC(=O)Nc3cccc(Cl)c3)C2=O)ccc1OCC#N. The first-order chi connectivity index (χ1) is 15.4. The van der Waals surface area contributed by atoms with Crippen LogP contribution in [0.25, 0.3) is 6.08 Å². The fourth-order valence-corrected chi connectivity index (χ4v) is 3.84. The van der Waals surface area contributed by atoms with E-state index < -0.39 is 23.6 Å². The summed E-state index contributed by atoms with van der Waals surface area (Å²) in [6, 6.07) is 13.4. The molecule has 0 atom stereocenters. The molecule has 0 spiro atoms. The molecule has 0 saturated carbocycles. The molecule has 8 nitrogen and oxygen atoms in total. The van der Waals surface area contributed by atoms with Gasteiger partial charge < -0.3 is 14.8 Å². The van der Waals surface area contributed by atoms with Gasteiger partial charge in [-0.25, -0.2) is 0 Å². The Balaban J connectivity index is 1.72. The number of nitriles is 1. The third kappa shape index (κ3) is 5.81. The summed E-state index contributed by atoms with van der Waals surface area (Å²) in [5.41, 5.74) is 1.07. The van der Waals surface area contributed by atoms with E-state index >= 15 is 0 Å². The maximum atomic E-state index is 12.7. The van der Waals surface area contributed by atoms with E-state index in [-0.39, 0.29) is 11.5 Å². The maximum Gasteiger partial charge on any atom is 0.294 e. The van der Waals surface area contributed by atoms with Crippen molar-refractivity contribution in [1.82, 2.24) is 4.90 Å². The number of hydrogen-bond donors (Lipinski definition) is 1. The summed E-state index contributed by atoms with van der Waals surface area (Å²) >= 11 is 6.64. The van der Waals surface area contributed by atoms with Crippen LogP contribution in [0, 0.1) is 11.3 Å². The van der Waals surface area contributed by atoms with Gasteiger partial charge in [0.2, 0.25) is 5.91 Å². The average Bonchev–Trinajstić information content (AvgIpc) is 3.00. The molecule has 2 aromatic rings. The Bertz CT molecular complexity index is 1130. The van der Waals surface area contributed by atoms with E-state index in [2.05, 4.69) is 5.32 Å². The lowest BCUT2D eigenvalue weighted by atomic mass is 10.2. The molecule has 2 aromatic carbocycles. The van der Waals surface area contributed by atoms with Crippen LogP contribution in [0.3, 0.4) is 0 Å². The Morgan fingerprint density at radius 3 is 2.75 bits per heavy atom. The van der Waals surface area contributed by atoms with Crippen LogP contribution in [0.5, 0.6) is 11.5 Å². The number of amides is 3. The van der Waals surface area contributed by atoms with Crippen LogP contribution in [-0.4, -0.2) is 41.7 Å². The van der Waals surface area contributed by atoms with Gasteiger partial charge in [0.1, 0.15) is 12.6 Å². The van der Waals surface area contributed by atoms with Crippen LogP contribution in [0.1, 0.15) is 12.5 Å². The third-order valence-corrected chi connectivity index (χ3v) is 5.28. The summed E-state index contributed by atoms with van der Waals surface area (Å²) in [5, 5.41) is 11.2. The predicted octanol–water partition coefficient (Wildman–Crippen LogP) is 4.32. The summed E-state index contributed by atoms with van der Waals surface area (Å²) in [7, 11) is 0. The van der Waals surface area contributed by atoms with Crippen LogP contribution >= 0.6 is 23.4 Å². The summed E-state index contributed by atoms with van der Waals surface area (Å²) in [6.45, 7) is 1.64. The van der Waals surface area contributed by atoms with Gasteiger partial charge in [-0.1, -0.05) is 23.7 Å². The highest BCUT2D eigenvalue weighted by molar-refractivity contribution is 8.18. The molecule has 1 saturated heterocycles. The van der Waals surface area contributed by atoms with E-state index in [1.165, 1.54) is 6.08 Å². The minimum atomic E-state index is -0.566. The second-order valence-corrected chi connectivity index (χ2v) is 7.84. The predicted molar refractivity (Wildman–Crippen MR) is 121 cm³/mol. The Morgan fingerprint density at radius 2 is 2.03 bits per heavy atom. The number of nitrogens with zero attached hydrogens (tertiary/aromatic N) is 2. The van der Waals surface area contributed by atoms with E-state index in [0.717, 1.165) is 16.7 Å². The Labute approximate surface area is 193 Å². The quantitative estimate of drug-likeness (QED) is 0.571. The van der Waals surface area contributed by atoms with Crippen molar-refractivity contribution in [2.75, 3.05) is 25.1 Å². The minimum absolute atomic E-state index is 0.129. The topological polar surface area (TPSA) is 109 Å². The van der Waals surface area contributed by atoms with Crippen LogP contribution in [0.2, 0.25) is 5.02 Å². The van der Waals surface area contributed by atoms with E-state index in [4.69, 9.17) is 26.3 Å². The first kappa shape index (κ1) is 23.2. The second-order valence-electron chi connectivity index (χ2n) is 6.41. The molecule has 1 fully saturated rings. The van der Waals surface area contributed by atoms with Crippen molar-refractivity contribution in [2.24, 2.45) is 0 Å². The number of thioether (sulfide) groups is 1. The summed E-state index contributed by atoms with van der Waals surface area (Å²) in [6.07, 6.45) is 1.54. The number of ether oxygens (including phenoxy) is 2. The Kier molecular flexibility index (Phi) is 7.76. The van der Waals surface area contributed by atoms with Crippen molar-refractivity contribution in [3.05, 3.63) is 58.0 Å². The van der Waals surface area contributed by atoms with Gasteiger partial charge in [-0.05, 0) is 60.7 Å². The van der Waals surface area contributed by atoms with Crippen LogP contribution in [0.15, 0.2) is 47.4 Å². The molecule has 0 aromatic heterocycles. The number of halogens is 1. The van der Waals surface area contributed by atoms with Crippen molar-refractivity contribution in [3.63, 3.8) is 0 Å². The van der Waals surface area contributed by atoms with E-state index in [0.29, 0.717) is 34.4 Å². The maximum absolute atomic E-state index is 12.7. The van der Waals surface area contributed by atoms with Crippen molar-refractivity contribution in [3.8, 4) is 17.6 Å². The Hall–Kier alpha value is -3.48. The lowest BCUT2D eigenvalue weighted by molar-refractivity contribution is -0.127. The zero-order valence-corrected chi connectivity index (χ0v) is 18.5. The highest BCUT2D eigenvalue weighted by atomic mass is 35.5. The van der Waals surface area contributed by atoms with E-state index in [1.54, 1.807) is 49.4 Å². The number of imide groups is 1. The largest absolute Gasteiger partial charge is 0.490 e. The number of carbonyl (C=O) groups excluding carboxylic acids is 3. The van der Waals surface area contributed by atoms with Crippen molar-refractivity contribution in [1.29, 1.82) is 5.26 Å². The molecule has 1 aliphatic rings. The highest BCUT2D eigenvalue weighted by Crippen LogP contribution is 2.34.